The summed E-state index contributed by atoms with van der Waals surface area (Å²) in [5, 5.41) is 6.28. The van der Waals surface area contributed by atoms with Crippen LogP contribution in [0.1, 0.15) is 27.7 Å². The summed E-state index contributed by atoms with van der Waals surface area (Å²) in [7, 11) is 1.80. The first-order valence-electron chi connectivity index (χ1n) is 5.42. The Morgan fingerprint density at radius 1 is 1.25 bits per heavy atom. The number of aromatic nitrogens is 2. The Morgan fingerprint density at radius 2 is 1.81 bits per heavy atom. The van der Waals surface area contributed by atoms with Gasteiger partial charge >= 0.3 is 0 Å². The molecule has 0 spiro atoms. The van der Waals surface area contributed by atoms with Crippen molar-refractivity contribution in [2.24, 2.45) is 5.41 Å². The number of nitrogens with two attached hydrogens (primary N) is 1. The molecule has 5 heteroatoms. The summed E-state index contributed by atoms with van der Waals surface area (Å²) in [6.07, 6.45) is 0. The Kier molecular flexibility index (Phi) is 3.57. The van der Waals surface area contributed by atoms with Crippen LogP contribution in [0.3, 0.4) is 0 Å². The number of hydrogen-bond acceptors (Lipinski definition) is 5. The highest BCUT2D eigenvalue weighted by Crippen LogP contribution is 2.23. The van der Waals surface area contributed by atoms with E-state index in [0.717, 1.165) is 11.6 Å². The van der Waals surface area contributed by atoms with Gasteiger partial charge < -0.3 is 16.4 Å². The number of nitrogens with zero attached hydrogens (tertiary/aromatic N) is 2. The van der Waals surface area contributed by atoms with E-state index in [2.05, 4.69) is 48.3 Å². The Balaban J connectivity index is 2.85. The van der Waals surface area contributed by atoms with Crippen molar-refractivity contribution in [3.05, 3.63) is 6.07 Å². The second kappa shape index (κ2) is 4.55. The van der Waals surface area contributed by atoms with Gasteiger partial charge in [-0.3, -0.25) is 0 Å². The van der Waals surface area contributed by atoms with E-state index in [-0.39, 0.29) is 11.4 Å². The van der Waals surface area contributed by atoms with Gasteiger partial charge in [0.05, 0.1) is 0 Å². The lowest BCUT2D eigenvalue weighted by Crippen LogP contribution is -2.31. The minimum atomic E-state index is 0.166. The lowest BCUT2D eigenvalue weighted by atomic mass is 9.88. The second-order valence-corrected chi connectivity index (χ2v) is 4.98. The van der Waals surface area contributed by atoms with Crippen LogP contribution in [0, 0.1) is 5.41 Å². The van der Waals surface area contributed by atoms with Gasteiger partial charge in [-0.05, 0) is 12.3 Å². The number of rotatable bonds is 3. The summed E-state index contributed by atoms with van der Waals surface area (Å²) in [6.45, 7) is 8.65. The highest BCUT2D eigenvalue weighted by Gasteiger charge is 2.20. The van der Waals surface area contributed by atoms with Crippen molar-refractivity contribution < 1.29 is 0 Å². The van der Waals surface area contributed by atoms with Crippen molar-refractivity contribution in [2.45, 2.75) is 33.7 Å². The van der Waals surface area contributed by atoms with Crippen LogP contribution < -0.4 is 16.4 Å². The molecule has 0 aromatic carbocycles. The molecule has 4 N–H and O–H groups in total. The molecule has 90 valence electrons. The molecule has 1 aromatic rings. The van der Waals surface area contributed by atoms with Gasteiger partial charge in [-0.15, -0.1) is 0 Å². The maximum absolute atomic E-state index is 5.62. The van der Waals surface area contributed by atoms with E-state index < -0.39 is 0 Å². The van der Waals surface area contributed by atoms with Gasteiger partial charge in [-0.25, -0.2) is 0 Å². The molecule has 0 aliphatic rings. The third-order valence-corrected chi connectivity index (χ3v) is 2.66. The van der Waals surface area contributed by atoms with E-state index in [4.69, 9.17) is 5.73 Å². The summed E-state index contributed by atoms with van der Waals surface area (Å²) in [5.74, 6) is 1.74. The zero-order valence-electron chi connectivity index (χ0n) is 10.6. The second-order valence-electron chi connectivity index (χ2n) is 4.98. The lowest BCUT2D eigenvalue weighted by molar-refractivity contribution is 0.359. The standard InChI is InChI=1S/C11H21N5/c1-7(11(2,3)4)14-9-6-8(13-5)15-10(12)16-9/h6-7H,1-5H3,(H4,12,13,14,15,16). The van der Waals surface area contributed by atoms with E-state index in [0.29, 0.717) is 6.04 Å². The van der Waals surface area contributed by atoms with Gasteiger partial charge in [0.2, 0.25) is 5.95 Å². The fraction of sp³-hybridized carbons (Fsp3) is 0.636. The van der Waals surface area contributed by atoms with Gasteiger partial charge in [-0.1, -0.05) is 20.8 Å². The van der Waals surface area contributed by atoms with E-state index in [1.807, 2.05) is 6.07 Å². The Hall–Kier alpha value is -1.52. The van der Waals surface area contributed by atoms with Crippen molar-refractivity contribution in [3.63, 3.8) is 0 Å². The zero-order valence-corrected chi connectivity index (χ0v) is 10.6. The maximum Gasteiger partial charge on any atom is 0.223 e. The van der Waals surface area contributed by atoms with Crippen molar-refractivity contribution in [1.29, 1.82) is 0 Å². The zero-order chi connectivity index (χ0) is 12.3. The molecule has 16 heavy (non-hydrogen) atoms. The lowest BCUT2D eigenvalue weighted by Gasteiger charge is -2.28. The predicted molar refractivity (Wildman–Crippen MR) is 68.5 cm³/mol. The molecule has 0 amide bonds. The van der Waals surface area contributed by atoms with Crippen LogP contribution in [0.4, 0.5) is 17.6 Å². The van der Waals surface area contributed by atoms with Gasteiger partial charge in [0.15, 0.2) is 0 Å². The fourth-order valence-electron chi connectivity index (χ4n) is 1.11. The molecule has 0 radical (unpaired) electrons. The molecule has 1 unspecified atom stereocenters. The number of nitrogens with one attached hydrogen (secondary N) is 2. The first-order valence-corrected chi connectivity index (χ1v) is 5.42. The molecular formula is C11H21N5. The first kappa shape index (κ1) is 12.5. The maximum atomic E-state index is 5.62. The van der Waals surface area contributed by atoms with E-state index in [1.165, 1.54) is 0 Å². The molecule has 5 nitrogen and oxygen atoms in total. The molecule has 1 rings (SSSR count). The molecule has 0 saturated carbocycles. The number of hydrogen-bond donors (Lipinski definition) is 3. The third-order valence-electron chi connectivity index (χ3n) is 2.66. The van der Waals surface area contributed by atoms with Crippen LogP contribution in [-0.4, -0.2) is 23.1 Å². The van der Waals surface area contributed by atoms with Crippen LogP contribution >= 0.6 is 0 Å². The van der Waals surface area contributed by atoms with Gasteiger partial charge in [0.25, 0.3) is 0 Å². The molecule has 1 heterocycles. The van der Waals surface area contributed by atoms with Crippen molar-refractivity contribution >= 4 is 17.6 Å². The molecule has 0 aliphatic heterocycles. The van der Waals surface area contributed by atoms with E-state index >= 15 is 0 Å². The van der Waals surface area contributed by atoms with Gasteiger partial charge in [-0.2, -0.15) is 9.97 Å². The Bertz CT molecular complexity index is 356. The quantitative estimate of drug-likeness (QED) is 0.730. The summed E-state index contributed by atoms with van der Waals surface area (Å²) in [6, 6.07) is 2.14. The summed E-state index contributed by atoms with van der Waals surface area (Å²) in [5.41, 5.74) is 5.78. The molecule has 0 saturated heterocycles. The minimum absolute atomic E-state index is 0.166. The summed E-state index contributed by atoms with van der Waals surface area (Å²) in [4.78, 5) is 8.19. The van der Waals surface area contributed by atoms with Crippen LogP contribution in [0.15, 0.2) is 6.07 Å². The minimum Gasteiger partial charge on any atom is -0.373 e. The molecule has 0 fully saturated rings. The highest BCUT2D eigenvalue weighted by atomic mass is 15.1. The molecule has 1 aromatic heterocycles. The van der Waals surface area contributed by atoms with Crippen LogP contribution in [0.5, 0.6) is 0 Å². The number of anilines is 3. The van der Waals surface area contributed by atoms with E-state index in [1.54, 1.807) is 7.05 Å². The first-order chi connectivity index (χ1) is 7.32. The SMILES string of the molecule is CNc1cc(NC(C)C(C)(C)C)nc(N)n1. The predicted octanol–water partition coefficient (Wildman–Crippen LogP) is 1.95. The fourth-order valence-corrected chi connectivity index (χ4v) is 1.11. The van der Waals surface area contributed by atoms with Crippen molar-refractivity contribution in [3.8, 4) is 0 Å². The monoisotopic (exact) mass is 223 g/mol. The Morgan fingerprint density at radius 3 is 2.31 bits per heavy atom. The average molecular weight is 223 g/mol. The van der Waals surface area contributed by atoms with Crippen LogP contribution in [0.2, 0.25) is 0 Å². The van der Waals surface area contributed by atoms with Gasteiger partial charge in [0.1, 0.15) is 11.6 Å². The van der Waals surface area contributed by atoms with Crippen LogP contribution in [0.25, 0.3) is 0 Å². The van der Waals surface area contributed by atoms with Crippen LogP contribution in [-0.2, 0) is 0 Å². The highest BCUT2D eigenvalue weighted by molar-refractivity contribution is 5.51. The average Bonchev–Trinajstić information content (AvgIpc) is 2.15. The van der Waals surface area contributed by atoms with Gasteiger partial charge in [0, 0.05) is 19.2 Å². The van der Waals surface area contributed by atoms with E-state index in [9.17, 15) is 0 Å². The molecule has 0 bridgehead atoms. The topological polar surface area (TPSA) is 75.9 Å². The normalized spacial score (nSPS) is 13.3. The van der Waals surface area contributed by atoms with Crippen molar-refractivity contribution in [1.82, 2.24) is 9.97 Å². The summed E-state index contributed by atoms with van der Waals surface area (Å²) < 4.78 is 0. The largest absolute Gasteiger partial charge is 0.373 e. The molecule has 0 aliphatic carbocycles. The molecular weight excluding hydrogens is 202 g/mol. The van der Waals surface area contributed by atoms with Crippen molar-refractivity contribution in [2.75, 3.05) is 23.4 Å². The molecule has 1 atom stereocenters. The third kappa shape index (κ3) is 3.25. The summed E-state index contributed by atoms with van der Waals surface area (Å²) >= 11 is 0. The Labute approximate surface area is 96.9 Å². The smallest absolute Gasteiger partial charge is 0.223 e. The number of nitrogen functional groups attached to an aromatic ring is 1.